The maximum Gasteiger partial charge on any atom is 0.137 e. The molecule has 0 saturated heterocycles. The van der Waals surface area contributed by atoms with E-state index in [1.165, 1.54) is 0 Å². The van der Waals surface area contributed by atoms with E-state index in [4.69, 9.17) is 18.9 Å². The highest BCUT2D eigenvalue weighted by Crippen LogP contribution is 2.43. The molecule has 4 nitrogen and oxygen atoms in total. The van der Waals surface area contributed by atoms with Crippen molar-refractivity contribution in [1.82, 2.24) is 0 Å². The van der Waals surface area contributed by atoms with Gasteiger partial charge in [0.2, 0.25) is 0 Å². The third-order valence-corrected chi connectivity index (χ3v) is 4.80. The van der Waals surface area contributed by atoms with Crippen molar-refractivity contribution in [3.8, 4) is 23.0 Å². The Bertz CT molecular complexity index is 982. The van der Waals surface area contributed by atoms with Gasteiger partial charge in [0.25, 0.3) is 0 Å². The summed E-state index contributed by atoms with van der Waals surface area (Å²) in [4.78, 5) is 0. The van der Waals surface area contributed by atoms with Gasteiger partial charge in [0, 0.05) is 22.8 Å². The molecule has 0 unspecified atom stereocenters. The molecule has 28 heavy (non-hydrogen) atoms. The van der Waals surface area contributed by atoms with Gasteiger partial charge < -0.3 is 18.9 Å². The van der Waals surface area contributed by atoms with Crippen LogP contribution >= 0.6 is 0 Å². The number of benzene rings is 2. The number of fused-ring (bicyclic) bond motifs is 3. The minimum Gasteiger partial charge on any atom is -0.496 e. The van der Waals surface area contributed by atoms with Gasteiger partial charge in [-0.15, -0.1) is 0 Å². The molecule has 0 amide bonds. The summed E-state index contributed by atoms with van der Waals surface area (Å²) in [5.74, 6) is 3.21. The second-order valence-corrected chi connectivity index (χ2v) is 7.35. The van der Waals surface area contributed by atoms with Gasteiger partial charge >= 0.3 is 0 Å². The van der Waals surface area contributed by atoms with Crippen molar-refractivity contribution in [2.75, 3.05) is 20.3 Å². The fourth-order valence-electron chi connectivity index (χ4n) is 3.44. The van der Waals surface area contributed by atoms with E-state index < -0.39 is 0 Å². The predicted octanol–water partition coefficient (Wildman–Crippen LogP) is 5.38. The first kappa shape index (κ1) is 18.2. The van der Waals surface area contributed by atoms with Crippen LogP contribution in [0, 0.1) is 0 Å². The normalized spacial score (nSPS) is 16.0. The SMILES string of the molecule is C=CCOc1ccc(C2=Cc3ccc4c(c3OC2)C=CC(C)(C)O4)c(OC)c1. The summed E-state index contributed by atoms with van der Waals surface area (Å²) in [5.41, 5.74) is 3.76. The third-order valence-electron chi connectivity index (χ3n) is 4.80. The number of methoxy groups -OCH3 is 1. The molecule has 0 N–H and O–H groups in total. The summed E-state index contributed by atoms with van der Waals surface area (Å²) in [6.45, 7) is 8.68. The Kier molecular flexibility index (Phi) is 4.63. The molecule has 0 saturated carbocycles. The maximum atomic E-state index is 6.15. The zero-order chi connectivity index (χ0) is 19.7. The Morgan fingerprint density at radius 3 is 2.86 bits per heavy atom. The number of hydrogen-bond donors (Lipinski definition) is 0. The van der Waals surface area contributed by atoms with Crippen LogP contribution in [-0.4, -0.2) is 25.9 Å². The smallest absolute Gasteiger partial charge is 0.137 e. The van der Waals surface area contributed by atoms with Crippen LogP contribution in [0.1, 0.15) is 30.5 Å². The Hall–Kier alpha value is -3.14. The average Bonchev–Trinajstić information content (AvgIpc) is 2.70. The second-order valence-electron chi connectivity index (χ2n) is 7.35. The summed E-state index contributed by atoms with van der Waals surface area (Å²) in [7, 11) is 1.66. The van der Waals surface area contributed by atoms with Crippen LogP contribution in [0.3, 0.4) is 0 Å². The Balaban J connectivity index is 1.69. The quantitative estimate of drug-likeness (QED) is 0.657. The van der Waals surface area contributed by atoms with Crippen molar-refractivity contribution in [3.05, 3.63) is 65.8 Å². The zero-order valence-electron chi connectivity index (χ0n) is 16.5. The van der Waals surface area contributed by atoms with Gasteiger partial charge in [-0.3, -0.25) is 0 Å². The molecule has 0 spiro atoms. The molecule has 0 fully saturated rings. The minimum absolute atomic E-state index is 0.306. The molecule has 0 bridgehead atoms. The predicted molar refractivity (Wildman–Crippen MR) is 112 cm³/mol. The second kappa shape index (κ2) is 7.12. The summed E-state index contributed by atoms with van der Waals surface area (Å²) in [6.07, 6.45) is 8.01. The summed E-state index contributed by atoms with van der Waals surface area (Å²) < 4.78 is 23.4. The van der Waals surface area contributed by atoms with Gasteiger partial charge in [-0.05, 0) is 56.3 Å². The number of hydrogen-bond acceptors (Lipinski definition) is 4. The summed E-state index contributed by atoms with van der Waals surface area (Å²) in [5, 5.41) is 0. The molecule has 0 atom stereocenters. The summed E-state index contributed by atoms with van der Waals surface area (Å²) >= 11 is 0. The lowest BCUT2D eigenvalue weighted by Crippen LogP contribution is -2.27. The van der Waals surface area contributed by atoms with Crippen molar-refractivity contribution >= 4 is 17.7 Å². The number of ether oxygens (including phenoxy) is 4. The van der Waals surface area contributed by atoms with Crippen molar-refractivity contribution in [2.24, 2.45) is 0 Å². The largest absolute Gasteiger partial charge is 0.496 e. The molecule has 2 aliphatic heterocycles. The molecule has 144 valence electrons. The van der Waals surface area contributed by atoms with E-state index in [0.717, 1.165) is 45.3 Å². The zero-order valence-corrected chi connectivity index (χ0v) is 16.5. The lowest BCUT2D eigenvalue weighted by molar-refractivity contribution is 0.158. The van der Waals surface area contributed by atoms with Gasteiger partial charge in [0.1, 0.15) is 41.8 Å². The van der Waals surface area contributed by atoms with Crippen LogP contribution in [0.15, 0.2) is 49.1 Å². The van der Waals surface area contributed by atoms with E-state index in [1.807, 2.05) is 44.2 Å². The molecule has 4 heteroatoms. The first-order chi connectivity index (χ1) is 13.5. The molecule has 0 radical (unpaired) electrons. The first-order valence-corrected chi connectivity index (χ1v) is 9.31. The monoisotopic (exact) mass is 376 g/mol. The van der Waals surface area contributed by atoms with Crippen LogP contribution < -0.4 is 18.9 Å². The first-order valence-electron chi connectivity index (χ1n) is 9.31. The van der Waals surface area contributed by atoms with E-state index in [9.17, 15) is 0 Å². The highest BCUT2D eigenvalue weighted by atomic mass is 16.5. The Morgan fingerprint density at radius 2 is 2.07 bits per heavy atom. The van der Waals surface area contributed by atoms with Crippen molar-refractivity contribution in [3.63, 3.8) is 0 Å². The Labute approximate surface area is 165 Å². The highest BCUT2D eigenvalue weighted by Gasteiger charge is 2.26. The molecule has 2 aromatic rings. The van der Waals surface area contributed by atoms with Gasteiger partial charge in [0.05, 0.1) is 12.7 Å². The van der Waals surface area contributed by atoms with Crippen LogP contribution in [0.25, 0.3) is 17.7 Å². The average molecular weight is 376 g/mol. The molecular formula is C24H24O4. The summed E-state index contributed by atoms with van der Waals surface area (Å²) in [6, 6.07) is 9.87. The number of rotatable bonds is 5. The van der Waals surface area contributed by atoms with Crippen molar-refractivity contribution < 1.29 is 18.9 Å². The third kappa shape index (κ3) is 3.38. The topological polar surface area (TPSA) is 36.9 Å². The van der Waals surface area contributed by atoms with E-state index in [1.54, 1.807) is 13.2 Å². The minimum atomic E-state index is -0.306. The van der Waals surface area contributed by atoms with Gasteiger partial charge in [-0.25, -0.2) is 0 Å². The van der Waals surface area contributed by atoms with Gasteiger partial charge in [-0.1, -0.05) is 12.7 Å². The molecule has 4 rings (SSSR count). The highest BCUT2D eigenvalue weighted by molar-refractivity contribution is 5.90. The lowest BCUT2D eigenvalue weighted by atomic mass is 9.95. The molecule has 2 heterocycles. The van der Waals surface area contributed by atoms with E-state index in [2.05, 4.69) is 24.8 Å². The van der Waals surface area contributed by atoms with E-state index in [-0.39, 0.29) is 5.60 Å². The molecule has 0 aliphatic carbocycles. The van der Waals surface area contributed by atoms with Crippen molar-refractivity contribution in [2.45, 2.75) is 19.4 Å². The van der Waals surface area contributed by atoms with Crippen LogP contribution in [-0.2, 0) is 0 Å². The molecule has 0 aromatic heterocycles. The fraction of sp³-hybridized carbons (Fsp3) is 0.250. The van der Waals surface area contributed by atoms with Crippen LogP contribution in [0.2, 0.25) is 0 Å². The van der Waals surface area contributed by atoms with Crippen molar-refractivity contribution in [1.29, 1.82) is 0 Å². The molecule has 2 aromatic carbocycles. The van der Waals surface area contributed by atoms with E-state index in [0.29, 0.717) is 13.2 Å². The fourth-order valence-corrected chi connectivity index (χ4v) is 3.44. The van der Waals surface area contributed by atoms with Crippen LogP contribution in [0.4, 0.5) is 0 Å². The van der Waals surface area contributed by atoms with Gasteiger partial charge in [0.15, 0.2) is 0 Å². The Morgan fingerprint density at radius 1 is 1.21 bits per heavy atom. The standard InChI is InChI=1S/C24H24O4/c1-5-12-26-18-7-8-19(22(14-18)25-4)17-13-16-6-9-21-20(23(16)27-15-17)10-11-24(2,3)28-21/h5-11,13-14H,1,12,15H2,2-4H3. The van der Waals surface area contributed by atoms with Gasteiger partial charge in [-0.2, -0.15) is 0 Å². The van der Waals surface area contributed by atoms with Crippen LogP contribution in [0.5, 0.6) is 23.0 Å². The lowest BCUT2D eigenvalue weighted by Gasteiger charge is -2.30. The molecular weight excluding hydrogens is 352 g/mol. The molecule has 2 aliphatic rings. The maximum absolute atomic E-state index is 6.15. The van der Waals surface area contributed by atoms with E-state index >= 15 is 0 Å².